The molecule has 0 unspecified atom stereocenters. The van der Waals surface area contributed by atoms with Gasteiger partial charge in [-0.05, 0) is 99.3 Å². The fourth-order valence-electron chi connectivity index (χ4n) is 16.0. The molecule has 15 atom stereocenters. The van der Waals surface area contributed by atoms with Crippen molar-refractivity contribution in [1.29, 1.82) is 0 Å². The average molecular weight is 2020 g/mol. The minimum atomic E-state index is -1.53. The van der Waals surface area contributed by atoms with Gasteiger partial charge in [-0.1, -0.05) is 48.5 Å². The molecule has 3 fully saturated rings. The Morgan fingerprint density at radius 2 is 0.570 bits per heavy atom. The molecular weight excluding hydrogens is 1880 g/mol. The van der Waals surface area contributed by atoms with Crippen molar-refractivity contribution in [3.8, 4) is 11.1 Å². The van der Waals surface area contributed by atoms with Gasteiger partial charge in [0.05, 0.1) is 19.8 Å². The number of unbranched alkanes of at least 4 members (excludes halogenated alkanes) is 6. The number of fused-ring (bicyclic) bond motifs is 3. The smallest absolute Gasteiger partial charge is 0.407 e. The third kappa shape index (κ3) is 44.5. The minimum absolute atomic E-state index is 0.0465. The van der Waals surface area contributed by atoms with Crippen LogP contribution in [-0.2, 0) is 176 Å². The molecule has 0 spiro atoms. The van der Waals surface area contributed by atoms with Crippen LogP contribution in [0.4, 0.5) is 4.79 Å². The molecule has 48 nitrogen and oxygen atoms in total. The number of hydrogen-bond donors (Lipinski definition) is 10. The van der Waals surface area contributed by atoms with Crippen molar-refractivity contribution < 1.29 is 181 Å². The van der Waals surface area contributed by atoms with E-state index in [2.05, 4.69) is 53.2 Å². The number of carbonyl (C=O) groups is 19. The Kier molecular flexibility index (Phi) is 53.1. The van der Waals surface area contributed by atoms with Gasteiger partial charge in [-0.3, -0.25) is 86.3 Å². The normalized spacial score (nSPS) is 21.0. The number of rotatable bonds is 63. The summed E-state index contributed by atoms with van der Waals surface area (Å²) in [7, 11) is 0. The predicted molar refractivity (Wildman–Crippen MR) is 491 cm³/mol. The molecule has 2 aromatic carbocycles. The van der Waals surface area contributed by atoms with E-state index in [1.54, 1.807) is 0 Å². The van der Waals surface area contributed by atoms with Crippen molar-refractivity contribution in [1.82, 2.24) is 53.2 Å². The van der Waals surface area contributed by atoms with Gasteiger partial charge in [0.1, 0.15) is 82.7 Å². The number of esters is 9. The largest absolute Gasteiger partial charge is 0.463 e. The zero-order valence-corrected chi connectivity index (χ0v) is 82.4. The van der Waals surface area contributed by atoms with E-state index in [9.17, 15) is 91.1 Å². The van der Waals surface area contributed by atoms with Crippen LogP contribution in [0, 0.1) is 0 Å². The highest BCUT2D eigenvalue weighted by molar-refractivity contribution is 5.82. The van der Waals surface area contributed by atoms with Crippen molar-refractivity contribution in [2.24, 2.45) is 0 Å². The lowest BCUT2D eigenvalue weighted by molar-refractivity contribution is -0.277. The van der Waals surface area contributed by atoms with E-state index in [0.29, 0.717) is 57.8 Å². The molecule has 3 saturated heterocycles. The topological polar surface area (TPSA) is 620 Å². The Morgan fingerprint density at radius 1 is 0.296 bits per heavy atom. The van der Waals surface area contributed by atoms with Crippen LogP contribution in [0.2, 0.25) is 0 Å². The van der Waals surface area contributed by atoms with Gasteiger partial charge in [-0.2, -0.15) is 0 Å². The van der Waals surface area contributed by atoms with E-state index < -0.39 is 230 Å². The molecule has 48 heteroatoms. The highest BCUT2D eigenvalue weighted by Gasteiger charge is 2.55. The van der Waals surface area contributed by atoms with Gasteiger partial charge in [0.2, 0.25) is 53.2 Å². The summed E-state index contributed by atoms with van der Waals surface area (Å²) in [6, 6.07) is 11.9. The molecule has 10 amide bonds. The Bertz CT molecular complexity index is 4110. The molecule has 1 aliphatic carbocycles. The van der Waals surface area contributed by atoms with Crippen LogP contribution in [0.25, 0.3) is 11.1 Å². The first-order chi connectivity index (χ1) is 67.7. The van der Waals surface area contributed by atoms with Gasteiger partial charge >= 0.3 is 59.8 Å². The first-order valence-electron chi connectivity index (χ1n) is 47.2. The van der Waals surface area contributed by atoms with Gasteiger partial charge < -0.3 is 143 Å². The summed E-state index contributed by atoms with van der Waals surface area (Å²) < 4.78 is 107. The van der Waals surface area contributed by atoms with E-state index >= 15 is 0 Å². The van der Waals surface area contributed by atoms with Crippen molar-refractivity contribution in [3.05, 3.63) is 59.7 Å². The summed E-state index contributed by atoms with van der Waals surface area (Å²) in [4.78, 5) is 241. The lowest BCUT2D eigenvalue weighted by atomic mass is 9.83. The summed E-state index contributed by atoms with van der Waals surface area (Å²) in [5, 5.41) is 27.4. The minimum Gasteiger partial charge on any atom is -0.463 e. The number of benzene rings is 2. The van der Waals surface area contributed by atoms with Gasteiger partial charge in [0, 0.05) is 173 Å². The summed E-state index contributed by atoms with van der Waals surface area (Å²) >= 11 is 0. The molecule has 142 heavy (non-hydrogen) atoms. The van der Waals surface area contributed by atoms with Crippen LogP contribution in [0.3, 0.4) is 0 Å². The van der Waals surface area contributed by atoms with Crippen molar-refractivity contribution >= 4 is 113 Å². The molecule has 0 bridgehead atoms. The maximum atomic E-state index is 14.5. The predicted octanol–water partition coefficient (Wildman–Crippen LogP) is 0.880. The van der Waals surface area contributed by atoms with Crippen LogP contribution in [0.5, 0.6) is 0 Å². The van der Waals surface area contributed by atoms with Crippen LogP contribution in [0.15, 0.2) is 48.5 Å². The molecule has 2 aromatic rings. The summed E-state index contributed by atoms with van der Waals surface area (Å²) in [6.07, 6.45) is -13.2. The number of amides is 10. The third-order valence-corrected chi connectivity index (χ3v) is 22.1. The maximum Gasteiger partial charge on any atom is 0.407 e. The number of alkyl carbamates (subject to hydrolysis) is 1. The second-order valence-electron chi connectivity index (χ2n) is 33.9. The standard InChI is InChI=1S/C94H138N10O38/c1-55(105)101-81-87(137-64(10)114)84(134-61(7)111)72(49-130-58(4)108)140-90(81)127-42-23-13-20-36-95-78(120)52-124-45-39-98-75(117)30-33-94(104-93(123)133-48-71-69-28-18-16-26-67(69)68-27-17-19-29-70(68)71,34-31-76(118)99-40-46-125-53-79(121)96-37-21-14-24-43-128-91-82(102-56(2)106)88(138-65(11)115)85(135-62(8)112)73(141-91)50-131-59(5)109)35-32-77(119)100-41-47-126-54-80(122)97-38-22-15-25-44-129-92-83(103-57(3)107)89(139-66(12)116)86(136-63(9)113)74(142-92)51-132-60(6)110/h16-19,26-29,71-74,81-92H,13-15,20-25,30-54H2,1-12H3,(H,95,120)(H,96,121)(H,97,122)(H,98,117)(H,99,118)(H,100,119)(H,101,105)(H,102,106)(H,103,107)(H,104,123)/t72-,73-,74-,81+,82+,83+,84+,85+,86+,87-,88-,89-,90-,91-,92-/m1/s1. The average Bonchev–Trinajstić information content (AvgIpc) is 1.66. The molecule has 6 rings (SSSR count). The van der Waals surface area contributed by atoms with E-state index in [1.807, 2.05) is 48.5 Å². The van der Waals surface area contributed by atoms with Crippen LogP contribution < -0.4 is 53.2 Å². The van der Waals surface area contributed by atoms with E-state index in [1.165, 1.54) is 20.8 Å². The third-order valence-electron chi connectivity index (χ3n) is 22.1. The van der Waals surface area contributed by atoms with Crippen LogP contribution in [-0.4, -0.2) is 336 Å². The number of hydrogen-bond acceptors (Lipinski definition) is 38. The molecule has 0 saturated carbocycles. The Labute approximate surface area is 822 Å². The summed E-state index contributed by atoms with van der Waals surface area (Å²) in [6.45, 7) is 11.5. The van der Waals surface area contributed by atoms with Crippen LogP contribution in [0.1, 0.15) is 196 Å². The van der Waals surface area contributed by atoms with Crippen molar-refractivity contribution in [2.75, 3.05) is 125 Å². The monoisotopic (exact) mass is 2010 g/mol. The molecule has 10 N–H and O–H groups in total. The van der Waals surface area contributed by atoms with Crippen LogP contribution >= 0.6 is 0 Å². The summed E-state index contributed by atoms with van der Waals surface area (Å²) in [5.41, 5.74) is 2.21. The molecule has 3 aliphatic heterocycles. The SMILES string of the molecule is CC(=O)N[C@@H]1[C@H](OCCCCCNC(=O)COCCNC(=O)CCC(CCC(=O)NCCOCC(=O)NCCCCCO[C@@H]2O[C@H](COC(C)=O)[C@H](OC(C)=O)[C@H](OC(C)=O)[C@@H]2NC(C)=O)(CCC(=O)NCCOCC(=O)NCCCCCO[C@@H]2O[C@H](COC(C)=O)[C@H](OC(C)=O)[C@H](OC(C)=O)[C@@H]2NC(C)=O)NC(=O)OCC2c3ccccc3-c3ccccc32)O[C@H](COC(C)=O)[C@H](OC(C)=O)[C@@H]1OC(C)=O. The Hall–Kier alpha value is -12.2. The fraction of sp³-hybridized carbons (Fsp3) is 0.670. The molecule has 0 radical (unpaired) electrons. The lowest BCUT2D eigenvalue weighted by Gasteiger charge is -2.44. The maximum absolute atomic E-state index is 14.5. The molecular formula is C94H138N10O38. The quantitative estimate of drug-likeness (QED) is 0.0250. The van der Waals surface area contributed by atoms with Crippen molar-refractivity contribution in [3.63, 3.8) is 0 Å². The van der Waals surface area contributed by atoms with Gasteiger partial charge in [0.25, 0.3) is 0 Å². The van der Waals surface area contributed by atoms with Gasteiger partial charge in [0.15, 0.2) is 55.5 Å². The van der Waals surface area contributed by atoms with Gasteiger partial charge in [-0.15, -0.1) is 0 Å². The number of carbonyl (C=O) groups excluding carboxylic acids is 19. The fourth-order valence-corrected chi connectivity index (χ4v) is 16.0. The van der Waals surface area contributed by atoms with E-state index in [0.717, 1.165) is 84.6 Å². The Balaban J connectivity index is 1.04. The van der Waals surface area contributed by atoms with E-state index in [-0.39, 0.29) is 150 Å². The molecule has 4 aliphatic rings. The molecule has 3 heterocycles. The number of ether oxygens (including phenoxy) is 19. The second kappa shape index (κ2) is 63.7. The highest BCUT2D eigenvalue weighted by Crippen LogP contribution is 2.45. The van der Waals surface area contributed by atoms with E-state index in [4.69, 9.17) is 90.0 Å². The first-order valence-corrected chi connectivity index (χ1v) is 47.2. The second-order valence-corrected chi connectivity index (χ2v) is 33.9. The lowest BCUT2D eigenvalue weighted by Crippen LogP contribution is -2.66. The molecule has 792 valence electrons. The van der Waals surface area contributed by atoms with Crippen molar-refractivity contribution in [2.45, 2.75) is 283 Å². The zero-order chi connectivity index (χ0) is 104. The molecule has 0 aromatic heterocycles. The zero-order valence-electron chi connectivity index (χ0n) is 82.4. The number of nitrogens with one attached hydrogen (secondary N) is 10. The summed E-state index contributed by atoms with van der Waals surface area (Å²) in [5.74, 6) is -11.6. The highest BCUT2D eigenvalue weighted by atomic mass is 16.7. The van der Waals surface area contributed by atoms with Gasteiger partial charge in [-0.25, -0.2) is 4.79 Å². The first kappa shape index (κ1) is 119. The Morgan fingerprint density at radius 3 is 0.845 bits per heavy atom.